The summed E-state index contributed by atoms with van der Waals surface area (Å²) in [5.41, 5.74) is 1.19. The van der Waals surface area contributed by atoms with Crippen LogP contribution in [0.15, 0.2) is 133 Å². The molecule has 4 aromatic rings. The Balaban J connectivity index is 1.57. The summed E-state index contributed by atoms with van der Waals surface area (Å²) in [6.07, 6.45) is 2.67. The molecule has 0 aliphatic heterocycles. The van der Waals surface area contributed by atoms with E-state index in [0.717, 1.165) is 19.3 Å². The Bertz CT molecular complexity index is 1390. The van der Waals surface area contributed by atoms with Crippen LogP contribution in [-0.4, -0.2) is 28.8 Å². The minimum atomic E-state index is -2.74. The van der Waals surface area contributed by atoms with Crippen LogP contribution in [0.5, 0.6) is 0 Å². The highest BCUT2D eigenvalue weighted by molar-refractivity contribution is 7.00. The Hall–Kier alpha value is -3.03. The second-order valence-corrected chi connectivity index (χ2v) is 22.6. The molecule has 0 radical (unpaired) electrons. The fourth-order valence-corrected chi connectivity index (χ4v) is 16.5. The minimum absolute atomic E-state index is 0.0695. The average Bonchev–Trinajstić information content (AvgIpc) is 3.00. The van der Waals surface area contributed by atoms with Gasteiger partial charge in [-0.15, -0.1) is 0 Å². The molecule has 0 amide bonds. The molecule has 0 spiro atoms. The van der Waals surface area contributed by atoms with Gasteiger partial charge in [0.25, 0.3) is 16.6 Å². The van der Waals surface area contributed by atoms with Gasteiger partial charge >= 0.3 is 0 Å². The first kappa shape index (κ1) is 31.4. The topological polar surface area (TPSA) is 18.5 Å². The predicted octanol–water partition coefficient (Wildman–Crippen LogP) is 7.62. The molecule has 5 rings (SSSR count). The van der Waals surface area contributed by atoms with Gasteiger partial charge in [-0.05, 0) is 49.2 Å². The Morgan fingerprint density at radius 2 is 0.860 bits per heavy atom. The minimum Gasteiger partial charge on any atom is -0.404 e. The van der Waals surface area contributed by atoms with Crippen molar-refractivity contribution in [3.63, 3.8) is 0 Å². The van der Waals surface area contributed by atoms with E-state index in [0.29, 0.717) is 0 Å². The predicted molar refractivity (Wildman–Crippen MR) is 188 cm³/mol. The molecule has 0 heterocycles. The van der Waals surface area contributed by atoms with Crippen molar-refractivity contribution in [1.29, 1.82) is 0 Å². The molecule has 2 unspecified atom stereocenters. The van der Waals surface area contributed by atoms with Gasteiger partial charge in [0.1, 0.15) is 0 Å². The lowest BCUT2D eigenvalue weighted by Gasteiger charge is -2.49. The third-order valence-corrected chi connectivity index (χ3v) is 19.4. The first-order chi connectivity index (χ1) is 20.5. The molecule has 0 aromatic heterocycles. The molecule has 0 bridgehead atoms. The van der Waals surface area contributed by atoms with Crippen molar-refractivity contribution in [2.75, 3.05) is 0 Å². The van der Waals surface area contributed by atoms with Gasteiger partial charge in [0.2, 0.25) is 0 Å². The van der Waals surface area contributed by atoms with E-state index in [1.165, 1.54) is 26.3 Å². The zero-order valence-corrected chi connectivity index (χ0v) is 28.8. The Morgan fingerprint density at radius 3 is 1.19 bits per heavy atom. The number of benzene rings is 4. The molecule has 43 heavy (non-hydrogen) atoms. The number of hydrogen-bond donors (Lipinski definition) is 0. The molecular formula is C39H48O2Si2. The van der Waals surface area contributed by atoms with Gasteiger partial charge in [-0.1, -0.05) is 169 Å². The molecule has 2 nitrogen and oxygen atoms in total. The van der Waals surface area contributed by atoms with E-state index in [-0.39, 0.29) is 22.3 Å². The van der Waals surface area contributed by atoms with Crippen molar-refractivity contribution in [3.05, 3.63) is 133 Å². The summed E-state index contributed by atoms with van der Waals surface area (Å²) >= 11 is 0. The van der Waals surface area contributed by atoms with E-state index in [9.17, 15) is 0 Å². The van der Waals surface area contributed by atoms with Crippen LogP contribution in [0.1, 0.15) is 60.8 Å². The summed E-state index contributed by atoms with van der Waals surface area (Å²) in [5.74, 6) is 0. The zero-order chi connectivity index (χ0) is 30.7. The smallest absolute Gasteiger partial charge is 0.261 e. The molecule has 4 heteroatoms. The molecule has 2 atom stereocenters. The van der Waals surface area contributed by atoms with Gasteiger partial charge in [0, 0.05) is 12.5 Å². The highest BCUT2D eigenvalue weighted by Gasteiger charge is 2.54. The summed E-state index contributed by atoms with van der Waals surface area (Å²) in [4.78, 5) is 0. The first-order valence-corrected chi connectivity index (χ1v) is 19.6. The molecular weight excluding hydrogens is 557 g/mol. The number of rotatable bonds is 8. The van der Waals surface area contributed by atoms with Crippen molar-refractivity contribution in [2.45, 2.75) is 83.1 Å². The van der Waals surface area contributed by atoms with Gasteiger partial charge in [-0.25, -0.2) is 0 Å². The largest absolute Gasteiger partial charge is 0.404 e. The molecule has 0 N–H and O–H groups in total. The summed E-state index contributed by atoms with van der Waals surface area (Å²) in [6, 6.07) is 43.9. The standard InChI is InChI=1S/C39H48O2Si2/c1-31-28-29-32(40-42(38(2,3)4,33-20-12-8-13-21-33)34-22-14-9-15-23-34)30-37(31)41-43(39(5,6)7,35-24-16-10-17-25-35)36-26-18-11-19-27-36/h8-27,32,37H,1,28-30H2,2-7H3. The van der Waals surface area contributed by atoms with Crippen LogP contribution in [0, 0.1) is 0 Å². The molecule has 1 saturated carbocycles. The van der Waals surface area contributed by atoms with Gasteiger partial charge in [-0.3, -0.25) is 0 Å². The molecule has 224 valence electrons. The third kappa shape index (κ3) is 6.03. The maximum atomic E-state index is 7.64. The van der Waals surface area contributed by atoms with Gasteiger partial charge in [0.15, 0.2) is 0 Å². The third-order valence-electron chi connectivity index (χ3n) is 9.22. The fourth-order valence-electron chi connectivity index (χ4n) is 7.12. The molecule has 0 saturated heterocycles. The second kappa shape index (κ2) is 12.5. The van der Waals surface area contributed by atoms with E-state index in [2.05, 4.69) is 169 Å². The van der Waals surface area contributed by atoms with Crippen LogP contribution in [-0.2, 0) is 8.85 Å². The molecule has 1 fully saturated rings. The van der Waals surface area contributed by atoms with Crippen molar-refractivity contribution in [1.82, 2.24) is 0 Å². The first-order valence-electron chi connectivity index (χ1n) is 15.7. The highest BCUT2D eigenvalue weighted by atomic mass is 28.4. The van der Waals surface area contributed by atoms with Crippen molar-refractivity contribution in [3.8, 4) is 0 Å². The van der Waals surface area contributed by atoms with Crippen LogP contribution >= 0.6 is 0 Å². The van der Waals surface area contributed by atoms with Crippen molar-refractivity contribution >= 4 is 37.4 Å². The second-order valence-electron chi connectivity index (χ2n) is 14.1. The van der Waals surface area contributed by atoms with E-state index in [1.807, 2.05) is 0 Å². The van der Waals surface area contributed by atoms with Crippen LogP contribution in [0.2, 0.25) is 10.1 Å². The quantitative estimate of drug-likeness (QED) is 0.152. The normalized spacial score (nSPS) is 18.4. The van der Waals surface area contributed by atoms with E-state index in [1.54, 1.807) is 0 Å². The summed E-state index contributed by atoms with van der Waals surface area (Å²) in [7, 11) is -5.42. The highest BCUT2D eigenvalue weighted by Crippen LogP contribution is 2.43. The summed E-state index contributed by atoms with van der Waals surface area (Å²) < 4.78 is 15.3. The SMILES string of the molecule is C=C1CCC(O[Si](c2ccccc2)(c2ccccc2)C(C)(C)C)CC1O[Si](c1ccccc1)(c1ccccc1)C(C)(C)C. The van der Waals surface area contributed by atoms with Gasteiger partial charge < -0.3 is 8.85 Å². The maximum Gasteiger partial charge on any atom is 0.261 e. The van der Waals surface area contributed by atoms with Crippen molar-refractivity contribution < 1.29 is 8.85 Å². The zero-order valence-electron chi connectivity index (χ0n) is 26.8. The summed E-state index contributed by atoms with van der Waals surface area (Å²) in [5, 5.41) is 5.08. The molecule has 1 aliphatic rings. The molecule has 1 aliphatic carbocycles. The lowest BCUT2D eigenvalue weighted by Crippen LogP contribution is -2.69. The average molecular weight is 605 g/mol. The van der Waals surface area contributed by atoms with E-state index in [4.69, 9.17) is 8.85 Å². The Kier molecular flexibility index (Phi) is 9.15. The van der Waals surface area contributed by atoms with Crippen LogP contribution in [0.25, 0.3) is 0 Å². The summed E-state index contributed by atoms with van der Waals surface area (Å²) in [6.45, 7) is 18.7. The van der Waals surface area contributed by atoms with Crippen LogP contribution in [0.4, 0.5) is 0 Å². The number of hydrogen-bond acceptors (Lipinski definition) is 2. The lowest BCUT2D eigenvalue weighted by atomic mass is 9.91. The fraction of sp³-hybridized carbons (Fsp3) is 0.333. The van der Waals surface area contributed by atoms with Crippen molar-refractivity contribution in [2.24, 2.45) is 0 Å². The molecule has 4 aromatic carbocycles. The van der Waals surface area contributed by atoms with Gasteiger partial charge in [-0.2, -0.15) is 0 Å². The van der Waals surface area contributed by atoms with Gasteiger partial charge in [0.05, 0.1) is 6.10 Å². The monoisotopic (exact) mass is 604 g/mol. The van der Waals surface area contributed by atoms with E-state index < -0.39 is 16.6 Å². The lowest BCUT2D eigenvalue weighted by molar-refractivity contribution is 0.0876. The van der Waals surface area contributed by atoms with Crippen LogP contribution < -0.4 is 20.7 Å². The Labute approximate surface area is 262 Å². The van der Waals surface area contributed by atoms with E-state index >= 15 is 0 Å². The Morgan fingerprint density at radius 1 is 0.535 bits per heavy atom. The maximum absolute atomic E-state index is 7.64. The van der Waals surface area contributed by atoms with Crippen LogP contribution in [0.3, 0.4) is 0 Å².